The van der Waals surface area contributed by atoms with Gasteiger partial charge in [-0.25, -0.2) is 13.1 Å². The SMILES string of the molecule is COCCNCCNS(=O)(=O)c1ccc2c(c1)CCO2. The lowest BCUT2D eigenvalue weighted by Crippen LogP contribution is -2.33. The number of fused-ring (bicyclic) bond motifs is 1. The zero-order chi connectivity index (χ0) is 14.4. The molecule has 0 saturated carbocycles. The Balaban J connectivity index is 1.87. The van der Waals surface area contributed by atoms with Gasteiger partial charge in [0, 0.05) is 33.2 Å². The molecule has 0 saturated heterocycles. The largest absolute Gasteiger partial charge is 0.493 e. The molecule has 20 heavy (non-hydrogen) atoms. The zero-order valence-corrected chi connectivity index (χ0v) is 12.3. The second-order valence-electron chi connectivity index (χ2n) is 4.51. The summed E-state index contributed by atoms with van der Waals surface area (Å²) in [6, 6.07) is 4.97. The first kappa shape index (κ1) is 15.2. The molecule has 0 radical (unpaired) electrons. The third-order valence-electron chi connectivity index (χ3n) is 3.05. The van der Waals surface area contributed by atoms with E-state index in [4.69, 9.17) is 9.47 Å². The van der Waals surface area contributed by atoms with E-state index in [1.165, 1.54) is 0 Å². The van der Waals surface area contributed by atoms with E-state index in [1.807, 2.05) is 0 Å². The van der Waals surface area contributed by atoms with Crippen LogP contribution in [0.2, 0.25) is 0 Å². The van der Waals surface area contributed by atoms with E-state index in [2.05, 4.69) is 10.0 Å². The Kier molecular flexibility index (Phi) is 5.36. The maximum Gasteiger partial charge on any atom is 0.240 e. The molecule has 1 aromatic rings. The van der Waals surface area contributed by atoms with Crippen molar-refractivity contribution < 1.29 is 17.9 Å². The predicted molar refractivity (Wildman–Crippen MR) is 75.6 cm³/mol. The number of ether oxygens (including phenoxy) is 2. The van der Waals surface area contributed by atoms with Crippen molar-refractivity contribution >= 4 is 10.0 Å². The number of sulfonamides is 1. The number of rotatable bonds is 8. The molecule has 2 N–H and O–H groups in total. The van der Waals surface area contributed by atoms with Crippen LogP contribution in [0, 0.1) is 0 Å². The lowest BCUT2D eigenvalue weighted by Gasteiger charge is -2.08. The Morgan fingerprint density at radius 3 is 2.95 bits per heavy atom. The predicted octanol–water partition coefficient (Wildman–Crippen LogP) is 0.136. The smallest absolute Gasteiger partial charge is 0.240 e. The van der Waals surface area contributed by atoms with Gasteiger partial charge < -0.3 is 14.8 Å². The highest BCUT2D eigenvalue weighted by Gasteiger charge is 2.18. The van der Waals surface area contributed by atoms with Crippen LogP contribution in [-0.4, -0.2) is 48.4 Å². The normalized spacial score (nSPS) is 14.1. The van der Waals surface area contributed by atoms with Crippen molar-refractivity contribution in [2.45, 2.75) is 11.3 Å². The highest BCUT2D eigenvalue weighted by molar-refractivity contribution is 7.89. The number of hydrogen-bond acceptors (Lipinski definition) is 5. The molecule has 1 aromatic carbocycles. The molecule has 0 amide bonds. The maximum absolute atomic E-state index is 12.1. The number of hydrogen-bond donors (Lipinski definition) is 2. The molecule has 2 rings (SSSR count). The van der Waals surface area contributed by atoms with Crippen LogP contribution in [0.1, 0.15) is 5.56 Å². The molecule has 1 aliphatic rings. The average molecular weight is 300 g/mol. The Bertz CT molecular complexity index is 545. The summed E-state index contributed by atoms with van der Waals surface area (Å²) >= 11 is 0. The molecule has 1 aliphatic heterocycles. The van der Waals surface area contributed by atoms with Gasteiger partial charge in [0.2, 0.25) is 10.0 Å². The number of nitrogens with one attached hydrogen (secondary N) is 2. The van der Waals surface area contributed by atoms with Crippen LogP contribution >= 0.6 is 0 Å². The summed E-state index contributed by atoms with van der Waals surface area (Å²) in [5, 5.41) is 3.08. The van der Waals surface area contributed by atoms with E-state index in [0.29, 0.717) is 37.7 Å². The molecule has 0 aromatic heterocycles. The van der Waals surface area contributed by atoms with Crippen LogP contribution in [0.25, 0.3) is 0 Å². The van der Waals surface area contributed by atoms with Crippen LogP contribution in [-0.2, 0) is 21.2 Å². The molecular weight excluding hydrogens is 280 g/mol. The van der Waals surface area contributed by atoms with Crippen molar-refractivity contribution in [1.29, 1.82) is 0 Å². The summed E-state index contributed by atoms with van der Waals surface area (Å²) in [6.07, 6.45) is 0.761. The van der Waals surface area contributed by atoms with Crippen molar-refractivity contribution in [3.63, 3.8) is 0 Å². The van der Waals surface area contributed by atoms with Crippen molar-refractivity contribution in [1.82, 2.24) is 10.0 Å². The third kappa shape index (κ3) is 3.92. The average Bonchev–Trinajstić information content (AvgIpc) is 2.90. The fourth-order valence-corrected chi connectivity index (χ4v) is 3.07. The van der Waals surface area contributed by atoms with E-state index < -0.39 is 10.0 Å². The van der Waals surface area contributed by atoms with Crippen LogP contribution in [0.3, 0.4) is 0 Å². The second kappa shape index (κ2) is 7.03. The molecule has 0 atom stereocenters. The summed E-state index contributed by atoms with van der Waals surface area (Å²) < 4.78 is 37.1. The number of benzene rings is 1. The monoisotopic (exact) mass is 300 g/mol. The Hall–Kier alpha value is -1.15. The molecule has 0 unspecified atom stereocenters. The minimum absolute atomic E-state index is 0.290. The van der Waals surface area contributed by atoms with Crippen molar-refractivity contribution in [2.24, 2.45) is 0 Å². The van der Waals surface area contributed by atoms with Crippen LogP contribution < -0.4 is 14.8 Å². The van der Waals surface area contributed by atoms with Crippen molar-refractivity contribution in [3.8, 4) is 5.75 Å². The van der Waals surface area contributed by atoms with E-state index in [9.17, 15) is 8.42 Å². The Labute approximate surface area is 119 Å². The maximum atomic E-state index is 12.1. The molecule has 0 bridgehead atoms. The minimum Gasteiger partial charge on any atom is -0.493 e. The van der Waals surface area contributed by atoms with Gasteiger partial charge in [0.15, 0.2) is 0 Å². The topological polar surface area (TPSA) is 76.7 Å². The van der Waals surface area contributed by atoms with Crippen molar-refractivity contribution in [3.05, 3.63) is 23.8 Å². The summed E-state index contributed by atoms with van der Waals surface area (Å²) in [5.74, 6) is 0.783. The molecular formula is C13H20N2O4S. The van der Waals surface area contributed by atoms with Crippen molar-refractivity contribution in [2.75, 3.05) is 40.0 Å². The summed E-state index contributed by atoms with van der Waals surface area (Å²) in [5.41, 5.74) is 0.950. The van der Waals surface area contributed by atoms with Gasteiger partial charge in [0.1, 0.15) is 5.75 Å². The first-order valence-electron chi connectivity index (χ1n) is 6.58. The summed E-state index contributed by atoms with van der Waals surface area (Å²) in [4.78, 5) is 0.290. The fourth-order valence-electron chi connectivity index (χ4n) is 1.99. The van der Waals surface area contributed by atoms with Gasteiger partial charge >= 0.3 is 0 Å². The molecule has 1 heterocycles. The van der Waals surface area contributed by atoms with E-state index >= 15 is 0 Å². The van der Waals surface area contributed by atoms with Gasteiger partial charge in [-0.15, -0.1) is 0 Å². The highest BCUT2D eigenvalue weighted by atomic mass is 32.2. The summed E-state index contributed by atoms with van der Waals surface area (Å²) in [6.45, 7) is 2.85. The Morgan fingerprint density at radius 2 is 2.15 bits per heavy atom. The summed E-state index contributed by atoms with van der Waals surface area (Å²) in [7, 11) is -1.82. The molecule has 0 spiro atoms. The van der Waals surface area contributed by atoms with E-state index in [0.717, 1.165) is 17.7 Å². The highest BCUT2D eigenvalue weighted by Crippen LogP contribution is 2.27. The molecule has 7 heteroatoms. The lowest BCUT2D eigenvalue weighted by molar-refractivity contribution is 0.199. The zero-order valence-electron chi connectivity index (χ0n) is 11.5. The van der Waals surface area contributed by atoms with E-state index in [1.54, 1.807) is 25.3 Å². The minimum atomic E-state index is -3.45. The Morgan fingerprint density at radius 1 is 1.30 bits per heavy atom. The first-order valence-corrected chi connectivity index (χ1v) is 8.07. The standard InChI is InChI=1S/C13H20N2O4S/c1-18-9-7-14-5-6-15-20(16,17)12-2-3-13-11(10-12)4-8-19-13/h2-3,10,14-15H,4-9H2,1H3. The molecule has 0 aliphatic carbocycles. The third-order valence-corrected chi connectivity index (χ3v) is 4.51. The van der Waals surface area contributed by atoms with Gasteiger partial charge in [-0.2, -0.15) is 0 Å². The van der Waals surface area contributed by atoms with Gasteiger partial charge in [0.05, 0.1) is 18.1 Å². The first-order chi connectivity index (χ1) is 9.63. The van der Waals surface area contributed by atoms with Gasteiger partial charge in [-0.05, 0) is 23.8 Å². The van der Waals surface area contributed by atoms with Crippen LogP contribution in [0.4, 0.5) is 0 Å². The van der Waals surface area contributed by atoms with Gasteiger partial charge in [-0.1, -0.05) is 0 Å². The quantitative estimate of drug-likeness (QED) is 0.668. The molecule has 112 valence electrons. The number of methoxy groups -OCH3 is 1. The van der Waals surface area contributed by atoms with E-state index in [-0.39, 0.29) is 0 Å². The van der Waals surface area contributed by atoms with Crippen LogP contribution in [0.5, 0.6) is 5.75 Å². The van der Waals surface area contributed by atoms with Gasteiger partial charge in [0.25, 0.3) is 0 Å². The molecule has 0 fully saturated rings. The van der Waals surface area contributed by atoms with Gasteiger partial charge in [-0.3, -0.25) is 0 Å². The second-order valence-corrected chi connectivity index (χ2v) is 6.28. The molecule has 6 nitrogen and oxygen atoms in total. The lowest BCUT2D eigenvalue weighted by atomic mass is 10.2. The van der Waals surface area contributed by atoms with Crippen LogP contribution in [0.15, 0.2) is 23.1 Å². The fraction of sp³-hybridized carbons (Fsp3) is 0.538.